The Morgan fingerprint density at radius 3 is 1.60 bits per heavy atom. The predicted molar refractivity (Wildman–Crippen MR) is 125 cm³/mol. The first-order valence-electron chi connectivity index (χ1n) is 11.8. The number of carbonyl (C=O) groups is 2. The Kier molecular flexibility index (Phi) is 20.8. The maximum atomic E-state index is 11.9. The van der Waals surface area contributed by atoms with Gasteiger partial charge < -0.3 is 15.7 Å². The van der Waals surface area contributed by atoms with Crippen LogP contribution in [-0.2, 0) is 9.59 Å². The van der Waals surface area contributed by atoms with E-state index in [-0.39, 0.29) is 18.4 Å². The number of aliphatic hydroxyl groups is 1. The topological polar surface area (TPSA) is 81.7 Å². The summed E-state index contributed by atoms with van der Waals surface area (Å²) in [5.41, 5.74) is 0. The Hall–Kier alpha value is -1.66. The quantitative estimate of drug-likeness (QED) is 0.207. The SMILES string of the molecule is CCCCC/C=C/CC(=O)NCCN(CCO)CCNC(=O)C/C=C/CCCCC. The zero-order valence-corrected chi connectivity index (χ0v) is 19.3. The molecule has 0 atom stereocenters. The summed E-state index contributed by atoms with van der Waals surface area (Å²) in [7, 11) is 0. The van der Waals surface area contributed by atoms with Crippen LogP contribution in [-0.4, -0.2) is 61.2 Å². The van der Waals surface area contributed by atoms with E-state index in [4.69, 9.17) is 0 Å². The number of unbranched alkanes of at least 4 members (excludes halogenated alkanes) is 6. The van der Waals surface area contributed by atoms with Crippen molar-refractivity contribution in [1.29, 1.82) is 0 Å². The largest absolute Gasteiger partial charge is 0.395 e. The van der Waals surface area contributed by atoms with Crippen molar-refractivity contribution in [1.82, 2.24) is 15.5 Å². The molecule has 0 aromatic heterocycles. The summed E-state index contributed by atoms with van der Waals surface area (Å²) in [5, 5.41) is 15.1. The molecule has 0 radical (unpaired) electrons. The molecule has 0 aromatic carbocycles. The van der Waals surface area contributed by atoms with Crippen LogP contribution in [0, 0.1) is 0 Å². The molecule has 0 fully saturated rings. The number of nitrogens with one attached hydrogen (secondary N) is 2. The molecule has 3 N–H and O–H groups in total. The van der Waals surface area contributed by atoms with E-state index >= 15 is 0 Å². The number of rotatable bonds is 20. The molecule has 174 valence electrons. The molecule has 0 spiro atoms. The summed E-state index contributed by atoms with van der Waals surface area (Å²) >= 11 is 0. The van der Waals surface area contributed by atoms with Gasteiger partial charge in [-0.15, -0.1) is 0 Å². The van der Waals surface area contributed by atoms with Crippen LogP contribution in [0.4, 0.5) is 0 Å². The molecule has 0 aromatic rings. The Balaban J connectivity index is 3.88. The summed E-state index contributed by atoms with van der Waals surface area (Å²) in [6, 6.07) is 0. The minimum absolute atomic E-state index is 0.0183. The number of hydrogen-bond donors (Lipinski definition) is 3. The number of amides is 2. The lowest BCUT2D eigenvalue weighted by molar-refractivity contribution is -0.120. The average molecular weight is 424 g/mol. The van der Waals surface area contributed by atoms with Crippen LogP contribution < -0.4 is 10.6 Å². The molecule has 2 amide bonds. The van der Waals surface area contributed by atoms with Crippen molar-refractivity contribution in [2.75, 3.05) is 39.3 Å². The molecule has 0 aliphatic carbocycles. The van der Waals surface area contributed by atoms with E-state index in [1.54, 1.807) is 0 Å². The van der Waals surface area contributed by atoms with E-state index < -0.39 is 0 Å². The van der Waals surface area contributed by atoms with Crippen molar-refractivity contribution in [2.24, 2.45) is 0 Å². The van der Waals surface area contributed by atoms with Crippen LogP contribution in [0.1, 0.15) is 78.1 Å². The maximum absolute atomic E-state index is 11.9. The van der Waals surface area contributed by atoms with E-state index in [2.05, 4.69) is 36.6 Å². The van der Waals surface area contributed by atoms with E-state index in [0.717, 1.165) is 12.8 Å². The molecule has 0 heterocycles. The Labute approximate surface area is 184 Å². The van der Waals surface area contributed by atoms with Gasteiger partial charge in [0.1, 0.15) is 0 Å². The average Bonchev–Trinajstić information content (AvgIpc) is 2.73. The van der Waals surface area contributed by atoms with E-state index in [0.29, 0.717) is 45.6 Å². The highest BCUT2D eigenvalue weighted by Crippen LogP contribution is 2.01. The molecule has 0 saturated carbocycles. The Morgan fingerprint density at radius 2 is 1.20 bits per heavy atom. The van der Waals surface area contributed by atoms with Crippen molar-refractivity contribution in [3.8, 4) is 0 Å². The predicted octanol–water partition coefficient (Wildman–Crippen LogP) is 3.57. The van der Waals surface area contributed by atoms with Crippen LogP contribution in [0.25, 0.3) is 0 Å². The minimum Gasteiger partial charge on any atom is -0.395 e. The van der Waals surface area contributed by atoms with Crippen molar-refractivity contribution in [3.63, 3.8) is 0 Å². The number of carbonyl (C=O) groups excluding carboxylic acids is 2. The lowest BCUT2D eigenvalue weighted by Gasteiger charge is -2.21. The van der Waals surface area contributed by atoms with Crippen LogP contribution >= 0.6 is 0 Å². The van der Waals surface area contributed by atoms with Gasteiger partial charge in [0.15, 0.2) is 0 Å². The second kappa shape index (κ2) is 22.0. The van der Waals surface area contributed by atoms with E-state index in [1.165, 1.54) is 38.5 Å². The van der Waals surface area contributed by atoms with Gasteiger partial charge in [-0.25, -0.2) is 0 Å². The molecular formula is C24H45N3O3. The number of aliphatic hydroxyl groups excluding tert-OH is 1. The molecule has 0 bridgehead atoms. The smallest absolute Gasteiger partial charge is 0.223 e. The Bertz CT molecular complexity index is 438. The standard InChI is InChI=1S/C24H45N3O3/c1-3-5-7-9-11-13-15-23(29)25-17-19-27(21-22-28)20-18-26-24(30)16-14-12-10-8-6-4-2/h11-14,28H,3-10,15-22H2,1-2H3,(H,25,29)(H,26,30)/b13-11+,14-12+. The first-order chi connectivity index (χ1) is 14.6. The van der Waals surface area contributed by atoms with Crippen molar-refractivity contribution in [3.05, 3.63) is 24.3 Å². The monoisotopic (exact) mass is 423 g/mol. The van der Waals surface area contributed by atoms with Crippen LogP contribution in [0.5, 0.6) is 0 Å². The third-order valence-corrected chi connectivity index (χ3v) is 4.81. The summed E-state index contributed by atoms with van der Waals surface area (Å²) in [4.78, 5) is 25.8. The zero-order chi connectivity index (χ0) is 22.3. The molecular weight excluding hydrogens is 378 g/mol. The maximum Gasteiger partial charge on any atom is 0.223 e. The number of nitrogens with zero attached hydrogens (tertiary/aromatic N) is 1. The molecule has 0 aliphatic heterocycles. The fraction of sp³-hybridized carbons (Fsp3) is 0.750. The first kappa shape index (κ1) is 28.3. The fourth-order valence-electron chi connectivity index (χ4n) is 2.97. The van der Waals surface area contributed by atoms with Gasteiger partial charge >= 0.3 is 0 Å². The third-order valence-electron chi connectivity index (χ3n) is 4.81. The highest BCUT2D eigenvalue weighted by Gasteiger charge is 2.06. The van der Waals surface area contributed by atoms with Gasteiger partial charge in [-0.2, -0.15) is 0 Å². The molecule has 30 heavy (non-hydrogen) atoms. The molecule has 0 saturated heterocycles. The third kappa shape index (κ3) is 19.6. The normalized spacial score (nSPS) is 11.6. The molecule has 0 aliphatic rings. The van der Waals surface area contributed by atoms with Crippen molar-refractivity contribution >= 4 is 11.8 Å². The van der Waals surface area contributed by atoms with Gasteiger partial charge in [0, 0.05) is 45.6 Å². The number of hydrogen-bond acceptors (Lipinski definition) is 4. The van der Waals surface area contributed by atoms with E-state index in [1.807, 2.05) is 17.1 Å². The number of allylic oxidation sites excluding steroid dienone is 2. The van der Waals surface area contributed by atoms with Crippen LogP contribution in [0.2, 0.25) is 0 Å². The fourth-order valence-corrected chi connectivity index (χ4v) is 2.97. The zero-order valence-electron chi connectivity index (χ0n) is 19.3. The van der Waals surface area contributed by atoms with Crippen LogP contribution in [0.15, 0.2) is 24.3 Å². The summed E-state index contributed by atoms with van der Waals surface area (Å²) in [6.07, 6.45) is 18.1. The van der Waals surface area contributed by atoms with Gasteiger partial charge in [0.05, 0.1) is 6.61 Å². The lowest BCUT2D eigenvalue weighted by Crippen LogP contribution is -2.40. The highest BCUT2D eigenvalue weighted by atomic mass is 16.3. The molecule has 6 nitrogen and oxygen atoms in total. The Morgan fingerprint density at radius 1 is 0.733 bits per heavy atom. The van der Waals surface area contributed by atoms with Gasteiger partial charge in [0.2, 0.25) is 11.8 Å². The van der Waals surface area contributed by atoms with Gasteiger partial charge in [-0.3, -0.25) is 14.5 Å². The molecule has 0 unspecified atom stereocenters. The van der Waals surface area contributed by atoms with Gasteiger partial charge in [0.25, 0.3) is 0 Å². The molecule has 0 rings (SSSR count). The second-order valence-corrected chi connectivity index (χ2v) is 7.61. The van der Waals surface area contributed by atoms with Gasteiger partial charge in [-0.1, -0.05) is 63.8 Å². The van der Waals surface area contributed by atoms with Crippen molar-refractivity contribution in [2.45, 2.75) is 78.1 Å². The first-order valence-corrected chi connectivity index (χ1v) is 11.8. The second-order valence-electron chi connectivity index (χ2n) is 7.61. The summed E-state index contributed by atoms with van der Waals surface area (Å²) < 4.78 is 0. The summed E-state index contributed by atoms with van der Waals surface area (Å²) in [5.74, 6) is 0.0365. The molecule has 6 heteroatoms. The summed E-state index contributed by atoms with van der Waals surface area (Å²) in [6.45, 7) is 7.33. The van der Waals surface area contributed by atoms with E-state index in [9.17, 15) is 14.7 Å². The van der Waals surface area contributed by atoms with Crippen molar-refractivity contribution < 1.29 is 14.7 Å². The lowest BCUT2D eigenvalue weighted by atomic mass is 10.2. The highest BCUT2D eigenvalue weighted by molar-refractivity contribution is 5.77. The minimum atomic E-state index is 0.0183. The van der Waals surface area contributed by atoms with Crippen LogP contribution in [0.3, 0.4) is 0 Å². The van der Waals surface area contributed by atoms with Gasteiger partial charge in [-0.05, 0) is 25.7 Å².